The zero-order chi connectivity index (χ0) is 42.1. The number of allylic oxidation sites excluding steroid dienone is 2. The summed E-state index contributed by atoms with van der Waals surface area (Å²) in [4.78, 5) is 67.3. The summed E-state index contributed by atoms with van der Waals surface area (Å²) in [6.45, 7) is 14.6. The first kappa shape index (κ1) is 44.7. The molecular weight excluding hydrogens is 738 g/mol. The lowest BCUT2D eigenvalue weighted by Crippen LogP contribution is -2.44. The Morgan fingerprint density at radius 1 is 0.877 bits per heavy atom. The second-order valence-electron chi connectivity index (χ2n) is 16.0. The number of ether oxygens (including phenoxy) is 7. The van der Waals surface area contributed by atoms with Gasteiger partial charge in [-0.1, -0.05) is 26.8 Å². The minimum Gasteiger partial charge on any atom is -0.464 e. The summed E-state index contributed by atoms with van der Waals surface area (Å²) < 4.78 is 43.9. The summed E-state index contributed by atoms with van der Waals surface area (Å²) in [5.74, 6) is -1.46. The monoisotopic (exact) mass is 793 g/mol. The average molecular weight is 794 g/mol. The summed E-state index contributed by atoms with van der Waals surface area (Å²) in [5.41, 5.74) is 1.13. The lowest BCUT2D eigenvalue weighted by Gasteiger charge is -2.26. The van der Waals surface area contributed by atoms with Crippen LogP contribution in [0.1, 0.15) is 104 Å². The van der Waals surface area contributed by atoms with E-state index < -0.39 is 34.8 Å². The topological polar surface area (TPSA) is 175 Å². The van der Waals surface area contributed by atoms with Crippen molar-refractivity contribution in [3.63, 3.8) is 0 Å². The minimum atomic E-state index is -0.797. The van der Waals surface area contributed by atoms with Crippen LogP contribution in [0.4, 0.5) is 0 Å². The molecule has 3 aromatic rings. The van der Waals surface area contributed by atoms with Crippen molar-refractivity contribution in [2.24, 2.45) is 5.41 Å². The molecule has 0 bridgehead atoms. The van der Waals surface area contributed by atoms with Crippen molar-refractivity contribution in [2.75, 3.05) is 47.6 Å². The predicted molar refractivity (Wildman–Crippen MR) is 212 cm³/mol. The third-order valence-corrected chi connectivity index (χ3v) is 9.07. The van der Waals surface area contributed by atoms with Crippen molar-refractivity contribution in [1.82, 2.24) is 5.32 Å². The van der Waals surface area contributed by atoms with Gasteiger partial charge in [-0.15, -0.1) is 0 Å². The molecule has 0 radical (unpaired) electrons. The molecule has 57 heavy (non-hydrogen) atoms. The number of nitrogens with one attached hydrogen (secondary N) is 1. The molecule has 0 aliphatic heterocycles. The van der Waals surface area contributed by atoms with Crippen molar-refractivity contribution in [3.8, 4) is 11.5 Å². The van der Waals surface area contributed by atoms with Gasteiger partial charge >= 0.3 is 11.9 Å². The second-order valence-corrected chi connectivity index (χ2v) is 16.0. The number of rotatable bonds is 18. The van der Waals surface area contributed by atoms with Gasteiger partial charge in [0.25, 0.3) is 0 Å². The van der Waals surface area contributed by atoms with Crippen molar-refractivity contribution >= 4 is 40.2 Å². The SMILES string of the molecule is COCOc1cc2c(cc1OCOC)C(=O)C(c1coc3cc(C)c(C)c(C(=O)OCCOCCC(=O)N[C@@H](CCC(C)(C)C)C(=O)OC(C)(C)C)c3c1=O)=CC2. The number of ketones is 1. The zero-order valence-corrected chi connectivity index (χ0v) is 34.6. The first-order valence-corrected chi connectivity index (χ1v) is 18.8. The number of esters is 2. The van der Waals surface area contributed by atoms with E-state index in [0.29, 0.717) is 47.3 Å². The minimum absolute atomic E-state index is 0.0107. The van der Waals surface area contributed by atoms with Gasteiger partial charge in [0.05, 0.1) is 29.7 Å². The molecule has 1 N–H and O–H groups in total. The van der Waals surface area contributed by atoms with Gasteiger partial charge in [0.1, 0.15) is 30.1 Å². The van der Waals surface area contributed by atoms with Crippen molar-refractivity contribution < 1.29 is 56.8 Å². The van der Waals surface area contributed by atoms with E-state index in [1.165, 1.54) is 26.5 Å². The third-order valence-electron chi connectivity index (χ3n) is 9.07. The van der Waals surface area contributed by atoms with Gasteiger partial charge in [-0.05, 0) is 94.2 Å². The lowest BCUT2D eigenvalue weighted by atomic mass is 9.86. The molecule has 1 atom stereocenters. The highest BCUT2D eigenvalue weighted by molar-refractivity contribution is 6.30. The van der Waals surface area contributed by atoms with Crippen LogP contribution in [-0.2, 0) is 39.7 Å². The van der Waals surface area contributed by atoms with Crippen molar-refractivity contribution in [3.05, 3.63) is 74.1 Å². The Kier molecular flexibility index (Phi) is 15.2. The highest BCUT2D eigenvalue weighted by atomic mass is 16.7. The summed E-state index contributed by atoms with van der Waals surface area (Å²) in [6.07, 6.45) is 4.25. The fourth-order valence-electron chi connectivity index (χ4n) is 6.09. The van der Waals surface area contributed by atoms with Crippen LogP contribution in [0, 0.1) is 19.3 Å². The van der Waals surface area contributed by atoms with Gasteiger partial charge in [-0.2, -0.15) is 0 Å². The van der Waals surface area contributed by atoms with Crippen LogP contribution in [0.2, 0.25) is 0 Å². The van der Waals surface area contributed by atoms with E-state index in [4.69, 9.17) is 37.6 Å². The Labute approximate surface area is 333 Å². The van der Waals surface area contributed by atoms with E-state index in [1.54, 1.807) is 52.8 Å². The molecule has 1 aliphatic carbocycles. The van der Waals surface area contributed by atoms with Crippen LogP contribution in [0.5, 0.6) is 11.5 Å². The first-order valence-electron chi connectivity index (χ1n) is 18.8. The van der Waals surface area contributed by atoms with Gasteiger partial charge in [0.2, 0.25) is 11.3 Å². The highest BCUT2D eigenvalue weighted by Crippen LogP contribution is 2.37. The van der Waals surface area contributed by atoms with E-state index in [2.05, 4.69) is 26.1 Å². The molecule has 14 heteroatoms. The highest BCUT2D eigenvalue weighted by Gasteiger charge is 2.30. The quantitative estimate of drug-likeness (QED) is 0.0850. The third kappa shape index (κ3) is 12.0. The number of aryl methyl sites for hydroxylation is 1. The van der Waals surface area contributed by atoms with Crippen molar-refractivity contribution in [1.29, 1.82) is 0 Å². The van der Waals surface area contributed by atoms with Gasteiger partial charge in [0.15, 0.2) is 30.9 Å². The summed E-state index contributed by atoms with van der Waals surface area (Å²) >= 11 is 0. The van der Waals surface area contributed by atoms with Crippen LogP contribution in [0.3, 0.4) is 0 Å². The van der Waals surface area contributed by atoms with Gasteiger partial charge in [0, 0.05) is 31.8 Å². The van der Waals surface area contributed by atoms with E-state index in [-0.39, 0.29) is 84.6 Å². The number of carbonyl (C=O) groups excluding carboxylic acids is 4. The molecule has 0 saturated heterocycles. The Bertz CT molecular complexity index is 2050. The maximum Gasteiger partial charge on any atom is 0.339 e. The van der Waals surface area contributed by atoms with Crippen LogP contribution < -0.4 is 20.2 Å². The number of hydrogen-bond donors (Lipinski definition) is 1. The zero-order valence-electron chi connectivity index (χ0n) is 34.6. The molecule has 1 aromatic heterocycles. The number of methoxy groups -OCH3 is 2. The van der Waals surface area contributed by atoms with Gasteiger partial charge in [-0.25, -0.2) is 9.59 Å². The Hall–Kier alpha value is -5.05. The second kappa shape index (κ2) is 19.4. The number of Topliss-reactive ketones (excluding diaryl/α,β-unsaturated/α-hetero) is 1. The molecule has 0 fully saturated rings. The normalized spacial score (nSPS) is 13.4. The molecule has 0 saturated carbocycles. The predicted octanol–water partition coefficient (Wildman–Crippen LogP) is 6.41. The number of carbonyl (C=O) groups is 4. The lowest BCUT2D eigenvalue weighted by molar-refractivity contribution is -0.159. The van der Waals surface area contributed by atoms with Crippen LogP contribution >= 0.6 is 0 Å². The molecule has 1 aliphatic rings. The van der Waals surface area contributed by atoms with Crippen LogP contribution in [-0.4, -0.2) is 82.9 Å². The summed E-state index contributed by atoms with van der Waals surface area (Å²) in [7, 11) is 2.95. The summed E-state index contributed by atoms with van der Waals surface area (Å²) in [6, 6.07) is 4.08. The van der Waals surface area contributed by atoms with Crippen LogP contribution in [0.25, 0.3) is 16.5 Å². The number of fused-ring (bicyclic) bond motifs is 2. The molecule has 0 spiro atoms. The number of amides is 1. The molecule has 0 unspecified atom stereocenters. The standard InChI is InChI=1S/C43H55NO13/c1-25-19-34-37(39(47)30(22-54-34)28-12-11-27-20-32(55-23-50-9)33(56-24-51-10)21-29(27)38(28)46)36(26(25)2)41(49)53-18-17-52-16-14-35(45)44-31(13-15-42(3,4)5)40(48)57-43(6,7)8/h12,19-22,31H,11,13-18,23-24H2,1-10H3,(H,44,45)/t31-/m0/s1. The molecule has 310 valence electrons. The molecule has 14 nitrogen and oxygen atoms in total. The Morgan fingerprint density at radius 2 is 1.54 bits per heavy atom. The van der Waals surface area contributed by atoms with Crippen molar-refractivity contribution in [2.45, 2.75) is 92.7 Å². The molecule has 1 amide bonds. The Balaban J connectivity index is 1.45. The average Bonchev–Trinajstić information content (AvgIpc) is 3.13. The summed E-state index contributed by atoms with van der Waals surface area (Å²) in [5, 5.41) is 2.75. The molecule has 1 heterocycles. The van der Waals surface area contributed by atoms with Crippen LogP contribution in [0.15, 0.2) is 39.7 Å². The van der Waals surface area contributed by atoms with Gasteiger partial charge in [-0.3, -0.25) is 14.4 Å². The van der Waals surface area contributed by atoms with E-state index in [1.807, 2.05) is 0 Å². The molecule has 4 rings (SSSR count). The smallest absolute Gasteiger partial charge is 0.339 e. The van der Waals surface area contributed by atoms with E-state index >= 15 is 0 Å². The maximum absolute atomic E-state index is 14.2. The fraction of sp³-hybridized carbons (Fsp3) is 0.512. The fourth-order valence-corrected chi connectivity index (χ4v) is 6.09. The van der Waals surface area contributed by atoms with E-state index in [9.17, 15) is 24.0 Å². The number of hydrogen-bond acceptors (Lipinski definition) is 13. The van der Waals surface area contributed by atoms with E-state index in [0.717, 1.165) is 0 Å². The maximum atomic E-state index is 14.2. The number of benzene rings is 2. The molecular formula is C43H55NO13. The first-order chi connectivity index (χ1) is 26.8. The molecule has 2 aromatic carbocycles. The largest absolute Gasteiger partial charge is 0.464 e. The van der Waals surface area contributed by atoms with Gasteiger partial charge < -0.3 is 42.9 Å². The Morgan fingerprint density at radius 3 is 2.18 bits per heavy atom.